The average Bonchev–Trinajstić information content (AvgIpc) is 3.46. The first-order chi connectivity index (χ1) is 15.4. The van der Waals surface area contributed by atoms with Crippen LogP contribution in [0.4, 0.5) is 5.82 Å². The van der Waals surface area contributed by atoms with Crippen LogP contribution in [0.3, 0.4) is 0 Å². The number of phenols is 1. The first kappa shape index (κ1) is 20.4. The number of hydrogen-bond acceptors (Lipinski definition) is 7. The molecule has 3 heterocycles. The summed E-state index contributed by atoms with van der Waals surface area (Å²) in [7, 11) is 0. The molecule has 1 aliphatic rings. The second-order valence-electron chi connectivity index (χ2n) is 8.78. The minimum absolute atomic E-state index is 0.00563. The van der Waals surface area contributed by atoms with Crippen molar-refractivity contribution in [1.29, 1.82) is 0 Å². The van der Waals surface area contributed by atoms with Crippen molar-refractivity contribution in [2.75, 3.05) is 18.4 Å². The van der Waals surface area contributed by atoms with Crippen molar-refractivity contribution in [2.24, 2.45) is 5.92 Å². The van der Waals surface area contributed by atoms with Gasteiger partial charge in [-0.25, -0.2) is 9.97 Å². The number of nitrogens with zero attached hydrogens (tertiary/aromatic N) is 3. The lowest BCUT2D eigenvalue weighted by molar-refractivity contribution is 0.0219. The fourth-order valence-corrected chi connectivity index (χ4v) is 4.35. The molecule has 0 aliphatic carbocycles. The summed E-state index contributed by atoms with van der Waals surface area (Å²) in [6.45, 7) is 5.12. The number of aromatic amines is 1. The summed E-state index contributed by atoms with van der Waals surface area (Å²) in [6.07, 6.45) is 1.69. The average molecular weight is 431 g/mol. The maximum absolute atomic E-state index is 10.6. The van der Waals surface area contributed by atoms with Gasteiger partial charge >= 0.3 is 0 Å². The van der Waals surface area contributed by atoms with Crippen molar-refractivity contribution >= 4 is 16.7 Å². The van der Waals surface area contributed by atoms with Gasteiger partial charge < -0.3 is 20.8 Å². The number of aromatic hydroxyl groups is 1. The maximum Gasteiger partial charge on any atom is 0.165 e. The molecule has 1 aliphatic heterocycles. The Labute approximate surface area is 185 Å². The van der Waals surface area contributed by atoms with Crippen LogP contribution in [0.25, 0.3) is 33.5 Å². The third-order valence-corrected chi connectivity index (χ3v) is 6.10. The van der Waals surface area contributed by atoms with E-state index < -0.39 is 5.60 Å². The van der Waals surface area contributed by atoms with Gasteiger partial charge in [-0.05, 0) is 50.2 Å². The number of fused-ring (bicyclic) bond motifs is 1. The topological polar surface area (TPSA) is 119 Å². The Kier molecular flexibility index (Phi) is 5.03. The smallest absolute Gasteiger partial charge is 0.165 e. The van der Waals surface area contributed by atoms with Crippen LogP contribution in [-0.2, 0) is 0 Å². The van der Waals surface area contributed by atoms with E-state index in [-0.39, 0.29) is 17.7 Å². The molecule has 2 aromatic heterocycles. The number of benzene rings is 2. The molecule has 0 saturated carbocycles. The first-order valence-corrected chi connectivity index (χ1v) is 10.7. The van der Waals surface area contributed by atoms with Crippen LogP contribution in [0.2, 0.25) is 0 Å². The molecule has 0 spiro atoms. The summed E-state index contributed by atoms with van der Waals surface area (Å²) < 4.78 is 0. The highest BCUT2D eigenvalue weighted by atomic mass is 16.3. The van der Waals surface area contributed by atoms with E-state index in [9.17, 15) is 10.2 Å². The fourth-order valence-electron chi connectivity index (χ4n) is 4.35. The summed E-state index contributed by atoms with van der Waals surface area (Å²) in [5.41, 5.74) is 2.20. The van der Waals surface area contributed by atoms with E-state index in [1.54, 1.807) is 12.3 Å². The first-order valence-electron chi connectivity index (χ1n) is 10.7. The summed E-state index contributed by atoms with van der Waals surface area (Å²) in [5, 5.41) is 36.0. The van der Waals surface area contributed by atoms with Gasteiger partial charge in [-0.2, -0.15) is 5.10 Å². The van der Waals surface area contributed by atoms with Gasteiger partial charge in [-0.3, -0.25) is 5.10 Å². The highest BCUT2D eigenvalue weighted by Gasteiger charge is 2.38. The zero-order chi connectivity index (χ0) is 22.3. The van der Waals surface area contributed by atoms with Crippen LogP contribution < -0.4 is 10.6 Å². The Morgan fingerprint density at radius 1 is 1.06 bits per heavy atom. The van der Waals surface area contributed by atoms with Crippen LogP contribution in [0.15, 0.2) is 54.7 Å². The summed E-state index contributed by atoms with van der Waals surface area (Å²) >= 11 is 0. The van der Waals surface area contributed by atoms with Crippen molar-refractivity contribution in [3.63, 3.8) is 0 Å². The molecule has 2 atom stereocenters. The Bertz CT molecular complexity index is 1250. The Morgan fingerprint density at radius 3 is 2.69 bits per heavy atom. The van der Waals surface area contributed by atoms with Crippen LogP contribution >= 0.6 is 0 Å². The maximum atomic E-state index is 10.6. The largest absolute Gasteiger partial charge is 0.507 e. The van der Waals surface area contributed by atoms with Crippen molar-refractivity contribution in [2.45, 2.75) is 25.5 Å². The zero-order valence-electron chi connectivity index (χ0n) is 18.0. The lowest BCUT2D eigenvalue weighted by Gasteiger charge is -2.31. The van der Waals surface area contributed by atoms with Crippen molar-refractivity contribution < 1.29 is 10.2 Å². The van der Waals surface area contributed by atoms with Crippen molar-refractivity contribution in [3.8, 4) is 28.4 Å². The van der Waals surface area contributed by atoms with E-state index in [0.717, 1.165) is 35.2 Å². The number of aromatic nitrogens is 4. The third-order valence-electron chi connectivity index (χ3n) is 6.10. The summed E-state index contributed by atoms with van der Waals surface area (Å²) in [4.78, 5) is 9.55. The molecule has 1 fully saturated rings. The van der Waals surface area contributed by atoms with Gasteiger partial charge in [0.05, 0.1) is 22.4 Å². The number of anilines is 1. The number of rotatable bonds is 5. The Hall–Kier alpha value is -3.49. The second kappa shape index (κ2) is 7.89. The molecule has 5 rings (SSSR count). The van der Waals surface area contributed by atoms with Crippen LogP contribution in [0, 0.1) is 5.92 Å². The quantitative estimate of drug-likeness (QED) is 0.330. The minimum Gasteiger partial charge on any atom is -0.507 e. The predicted molar refractivity (Wildman–Crippen MR) is 124 cm³/mol. The molecule has 4 aromatic rings. The molecule has 0 unspecified atom stereocenters. The van der Waals surface area contributed by atoms with Gasteiger partial charge in [-0.1, -0.05) is 12.1 Å². The predicted octanol–water partition coefficient (Wildman–Crippen LogP) is 3.16. The molecule has 0 bridgehead atoms. The van der Waals surface area contributed by atoms with E-state index in [2.05, 4.69) is 20.8 Å². The number of nitrogens with one attached hydrogen (secondary N) is 3. The van der Waals surface area contributed by atoms with E-state index in [1.807, 2.05) is 56.3 Å². The van der Waals surface area contributed by atoms with E-state index >= 15 is 0 Å². The van der Waals surface area contributed by atoms with E-state index in [4.69, 9.17) is 9.97 Å². The number of para-hydroxylation sites is 1. The lowest BCUT2D eigenvalue weighted by Crippen LogP contribution is -2.42. The van der Waals surface area contributed by atoms with Crippen molar-refractivity contribution in [1.82, 2.24) is 25.5 Å². The molecule has 164 valence electrons. The fraction of sp³-hybridized carbons (Fsp3) is 0.292. The number of hydrogen-bond donors (Lipinski definition) is 5. The molecular weight excluding hydrogens is 404 g/mol. The van der Waals surface area contributed by atoms with Crippen LogP contribution in [0.1, 0.15) is 13.8 Å². The molecule has 0 amide bonds. The molecule has 2 aromatic carbocycles. The normalized spacial score (nSPS) is 18.8. The van der Waals surface area contributed by atoms with Gasteiger partial charge in [-0.15, -0.1) is 0 Å². The van der Waals surface area contributed by atoms with Crippen molar-refractivity contribution in [3.05, 3.63) is 54.7 Å². The van der Waals surface area contributed by atoms with Crippen LogP contribution in [0.5, 0.6) is 5.75 Å². The Morgan fingerprint density at radius 2 is 1.91 bits per heavy atom. The molecule has 8 heteroatoms. The van der Waals surface area contributed by atoms with Crippen LogP contribution in [-0.4, -0.2) is 55.1 Å². The minimum atomic E-state index is -0.830. The third kappa shape index (κ3) is 3.79. The van der Waals surface area contributed by atoms with Gasteiger partial charge in [0.25, 0.3) is 0 Å². The standard InChI is InChI=1S/C24H26N6O2/c1-24(2,32)17-12-25-13-20(17)28-22-15-5-3-4-6-19(15)27-23(29-22)16-11-14(7-8-21(16)31)18-9-10-26-30-18/h3-11,17,20,25,31-32H,12-13H2,1-2H3,(H,26,30)(H,27,28,29)/t17-,20-/m1/s1. The summed E-state index contributed by atoms with van der Waals surface area (Å²) in [6, 6.07) is 15.0. The molecular formula is C24H26N6O2. The number of H-pyrrole nitrogens is 1. The van der Waals surface area contributed by atoms with E-state index in [0.29, 0.717) is 17.2 Å². The number of phenolic OH excluding ortho intramolecular Hbond substituents is 1. The molecule has 1 saturated heterocycles. The molecule has 8 nitrogen and oxygen atoms in total. The molecule has 32 heavy (non-hydrogen) atoms. The SMILES string of the molecule is CC(C)(O)[C@@H]1CNC[C@H]1Nc1nc(-c2cc(-c3ccn[nH]3)ccc2O)nc2ccccc12. The van der Waals surface area contributed by atoms with Gasteiger partial charge in [0, 0.05) is 42.2 Å². The zero-order valence-corrected chi connectivity index (χ0v) is 18.0. The highest BCUT2D eigenvalue weighted by Crippen LogP contribution is 2.34. The van der Waals surface area contributed by atoms with E-state index in [1.165, 1.54) is 0 Å². The highest BCUT2D eigenvalue weighted by molar-refractivity contribution is 5.91. The monoisotopic (exact) mass is 430 g/mol. The lowest BCUT2D eigenvalue weighted by atomic mass is 9.87. The second-order valence-corrected chi connectivity index (χ2v) is 8.78. The molecule has 0 radical (unpaired) electrons. The van der Waals surface area contributed by atoms with Gasteiger partial charge in [0.1, 0.15) is 11.6 Å². The Balaban J connectivity index is 1.60. The van der Waals surface area contributed by atoms with Gasteiger partial charge in [0.2, 0.25) is 0 Å². The van der Waals surface area contributed by atoms with Gasteiger partial charge in [0.15, 0.2) is 5.82 Å². The molecule has 5 N–H and O–H groups in total. The summed E-state index contributed by atoms with van der Waals surface area (Å²) in [5.74, 6) is 1.24. The number of aliphatic hydroxyl groups is 1.